The molecule has 0 saturated heterocycles. The Kier molecular flexibility index (Phi) is 5.98. The molecule has 0 radical (unpaired) electrons. The lowest BCUT2D eigenvalue weighted by molar-refractivity contribution is -0.124. The minimum absolute atomic E-state index is 0.110. The Hall–Kier alpha value is -3.42. The van der Waals surface area contributed by atoms with E-state index in [1.54, 1.807) is 6.07 Å². The molecule has 5 rings (SSSR count). The molecule has 164 valence electrons. The number of rotatable bonds is 5. The molecule has 2 aliphatic heterocycles. The maximum absolute atomic E-state index is 13.4. The van der Waals surface area contributed by atoms with Gasteiger partial charge < -0.3 is 5.32 Å². The summed E-state index contributed by atoms with van der Waals surface area (Å²) in [6.45, 7) is 0.333. The van der Waals surface area contributed by atoms with Gasteiger partial charge in [0.2, 0.25) is 5.91 Å². The van der Waals surface area contributed by atoms with Crippen molar-refractivity contribution < 1.29 is 9.59 Å². The molecule has 1 N–H and O–H groups in total. The van der Waals surface area contributed by atoms with Gasteiger partial charge in [-0.15, -0.1) is 0 Å². The van der Waals surface area contributed by atoms with E-state index >= 15 is 0 Å². The van der Waals surface area contributed by atoms with Crippen molar-refractivity contribution in [3.63, 3.8) is 0 Å². The van der Waals surface area contributed by atoms with Crippen LogP contribution in [0, 0.1) is 0 Å². The van der Waals surface area contributed by atoms with E-state index in [0.717, 1.165) is 22.4 Å². The highest BCUT2D eigenvalue weighted by Gasteiger charge is 2.42. The zero-order valence-corrected chi connectivity index (χ0v) is 19.0. The number of benzene rings is 3. The van der Waals surface area contributed by atoms with Gasteiger partial charge in [0, 0.05) is 17.1 Å². The SMILES string of the molecule is O=C(CSC1=Nc2ccccc2C2=NC(c3ccccc3)C(=O)N12)NCc1ccccc1Cl. The summed E-state index contributed by atoms with van der Waals surface area (Å²) in [7, 11) is 0. The molecule has 3 aromatic carbocycles. The molecular formula is C25H19ClN4O2S. The number of hydrogen-bond donors (Lipinski definition) is 1. The number of carbonyl (C=O) groups excluding carboxylic acids is 2. The van der Waals surface area contributed by atoms with Crippen LogP contribution in [0.15, 0.2) is 88.8 Å². The fourth-order valence-corrected chi connectivity index (χ4v) is 4.75. The van der Waals surface area contributed by atoms with E-state index in [1.165, 1.54) is 16.7 Å². The van der Waals surface area contributed by atoms with Crippen LogP contribution in [-0.4, -0.2) is 33.5 Å². The van der Waals surface area contributed by atoms with Crippen LogP contribution in [0.1, 0.15) is 22.7 Å². The van der Waals surface area contributed by atoms with Gasteiger partial charge in [-0.05, 0) is 29.3 Å². The second kappa shape index (κ2) is 9.21. The zero-order chi connectivity index (χ0) is 22.8. The number of aliphatic imine (C=N–C) groups is 2. The van der Waals surface area contributed by atoms with Crippen LogP contribution in [0.5, 0.6) is 0 Å². The number of para-hydroxylation sites is 1. The number of halogens is 1. The molecule has 3 aromatic rings. The molecule has 0 bridgehead atoms. The van der Waals surface area contributed by atoms with Crippen molar-refractivity contribution in [3.05, 3.63) is 101 Å². The second-order valence-electron chi connectivity index (χ2n) is 7.51. The van der Waals surface area contributed by atoms with E-state index in [4.69, 9.17) is 16.6 Å². The summed E-state index contributed by atoms with van der Waals surface area (Å²) >= 11 is 7.38. The monoisotopic (exact) mass is 474 g/mol. The number of amidine groups is 2. The molecule has 6 nitrogen and oxygen atoms in total. The first kappa shape index (κ1) is 21.4. The maximum atomic E-state index is 13.4. The van der Waals surface area contributed by atoms with Crippen LogP contribution in [0.4, 0.5) is 5.69 Å². The summed E-state index contributed by atoms with van der Waals surface area (Å²) in [5, 5.41) is 3.92. The number of amides is 2. The number of nitrogens with one attached hydrogen (secondary N) is 1. The van der Waals surface area contributed by atoms with Gasteiger partial charge in [-0.1, -0.05) is 84.0 Å². The summed E-state index contributed by atoms with van der Waals surface area (Å²) in [5.41, 5.74) is 3.20. The third kappa shape index (κ3) is 4.29. The molecule has 33 heavy (non-hydrogen) atoms. The minimum atomic E-state index is -0.632. The molecule has 0 aliphatic carbocycles. The third-order valence-electron chi connectivity index (χ3n) is 5.35. The number of hydrogen-bond acceptors (Lipinski definition) is 5. The summed E-state index contributed by atoms with van der Waals surface area (Å²) in [5.74, 6) is 0.330. The summed E-state index contributed by atoms with van der Waals surface area (Å²) in [6, 6.07) is 23.8. The lowest BCUT2D eigenvalue weighted by Gasteiger charge is -2.25. The Morgan fingerprint density at radius 2 is 1.73 bits per heavy atom. The van der Waals surface area contributed by atoms with E-state index in [-0.39, 0.29) is 17.6 Å². The van der Waals surface area contributed by atoms with Crippen LogP contribution in [-0.2, 0) is 16.1 Å². The second-order valence-corrected chi connectivity index (χ2v) is 8.86. The van der Waals surface area contributed by atoms with E-state index in [0.29, 0.717) is 22.6 Å². The van der Waals surface area contributed by atoms with Gasteiger partial charge in [-0.25, -0.2) is 14.9 Å². The number of fused-ring (bicyclic) bond motifs is 3. The Bertz CT molecular complexity index is 1290. The third-order valence-corrected chi connectivity index (χ3v) is 6.66. The topological polar surface area (TPSA) is 74.1 Å². The van der Waals surface area contributed by atoms with Gasteiger partial charge in [-0.2, -0.15) is 0 Å². The molecule has 8 heteroatoms. The predicted octanol–water partition coefficient (Wildman–Crippen LogP) is 4.72. The van der Waals surface area contributed by atoms with Crippen LogP contribution in [0.25, 0.3) is 0 Å². The Balaban J connectivity index is 1.35. The van der Waals surface area contributed by atoms with Gasteiger partial charge in [0.15, 0.2) is 11.2 Å². The highest BCUT2D eigenvalue weighted by molar-refractivity contribution is 8.14. The maximum Gasteiger partial charge on any atom is 0.263 e. The summed E-state index contributed by atoms with van der Waals surface area (Å²) in [4.78, 5) is 36.8. The van der Waals surface area contributed by atoms with Crippen LogP contribution in [0.2, 0.25) is 5.02 Å². The highest BCUT2D eigenvalue weighted by atomic mass is 35.5. The van der Waals surface area contributed by atoms with Gasteiger partial charge in [0.25, 0.3) is 5.91 Å². The molecule has 0 fully saturated rings. The first-order chi connectivity index (χ1) is 16.1. The van der Waals surface area contributed by atoms with Crippen molar-refractivity contribution in [3.8, 4) is 0 Å². The first-order valence-corrected chi connectivity index (χ1v) is 11.8. The van der Waals surface area contributed by atoms with Crippen LogP contribution < -0.4 is 5.32 Å². The molecule has 1 unspecified atom stereocenters. The smallest absolute Gasteiger partial charge is 0.263 e. The number of carbonyl (C=O) groups is 2. The normalized spacial score (nSPS) is 16.6. The summed E-state index contributed by atoms with van der Waals surface area (Å²) in [6.07, 6.45) is 0. The predicted molar refractivity (Wildman–Crippen MR) is 132 cm³/mol. The standard InChI is InChI=1S/C25H19ClN4O2S/c26-19-12-6-4-10-17(19)14-27-21(31)15-33-25-28-20-13-7-5-11-18(20)23-29-22(24(32)30(23)25)16-8-2-1-3-9-16/h1-13,22H,14-15H2,(H,27,31). The Morgan fingerprint density at radius 3 is 2.55 bits per heavy atom. The van der Waals surface area contributed by atoms with Crippen molar-refractivity contribution in [1.29, 1.82) is 0 Å². The van der Waals surface area contributed by atoms with Gasteiger partial charge in [-0.3, -0.25) is 9.59 Å². The van der Waals surface area contributed by atoms with E-state index in [1.807, 2.05) is 72.8 Å². The average molecular weight is 475 g/mol. The van der Waals surface area contributed by atoms with E-state index in [2.05, 4.69) is 10.3 Å². The van der Waals surface area contributed by atoms with Gasteiger partial charge in [0.05, 0.1) is 11.4 Å². The first-order valence-electron chi connectivity index (χ1n) is 10.4. The van der Waals surface area contributed by atoms with Crippen molar-refractivity contribution >= 4 is 51.9 Å². The minimum Gasteiger partial charge on any atom is -0.351 e. The van der Waals surface area contributed by atoms with Crippen LogP contribution in [0.3, 0.4) is 0 Å². The molecule has 2 amide bonds. The molecular weight excluding hydrogens is 456 g/mol. The Morgan fingerprint density at radius 1 is 1.00 bits per heavy atom. The largest absolute Gasteiger partial charge is 0.351 e. The van der Waals surface area contributed by atoms with Crippen molar-refractivity contribution in [2.75, 3.05) is 5.75 Å². The van der Waals surface area contributed by atoms with Crippen molar-refractivity contribution in [2.24, 2.45) is 9.98 Å². The van der Waals surface area contributed by atoms with Crippen molar-refractivity contribution in [2.45, 2.75) is 12.6 Å². The average Bonchev–Trinajstić information content (AvgIpc) is 3.20. The number of thioether (sulfide) groups is 1. The molecule has 0 spiro atoms. The molecule has 1 atom stereocenters. The Labute approximate surface area is 200 Å². The fraction of sp³-hybridized carbons (Fsp3) is 0.120. The van der Waals surface area contributed by atoms with Crippen LogP contribution >= 0.6 is 23.4 Å². The number of nitrogens with zero attached hydrogens (tertiary/aromatic N) is 3. The fourth-order valence-electron chi connectivity index (χ4n) is 3.72. The molecule has 0 saturated carbocycles. The van der Waals surface area contributed by atoms with E-state index in [9.17, 15) is 9.59 Å². The molecule has 2 aliphatic rings. The van der Waals surface area contributed by atoms with Crippen molar-refractivity contribution in [1.82, 2.24) is 10.2 Å². The summed E-state index contributed by atoms with van der Waals surface area (Å²) < 4.78 is 0. The van der Waals surface area contributed by atoms with E-state index < -0.39 is 6.04 Å². The van der Waals surface area contributed by atoms with Gasteiger partial charge >= 0.3 is 0 Å². The highest BCUT2D eigenvalue weighted by Crippen LogP contribution is 2.37. The lowest BCUT2D eigenvalue weighted by Crippen LogP contribution is -2.40. The quantitative estimate of drug-likeness (QED) is 0.581. The zero-order valence-electron chi connectivity index (χ0n) is 17.4. The lowest BCUT2D eigenvalue weighted by atomic mass is 10.1. The molecule has 2 heterocycles. The molecule has 0 aromatic heterocycles. The van der Waals surface area contributed by atoms with Gasteiger partial charge in [0.1, 0.15) is 5.84 Å².